The van der Waals surface area contributed by atoms with E-state index in [2.05, 4.69) is 4.98 Å². The summed E-state index contributed by atoms with van der Waals surface area (Å²) in [5.74, 6) is 0.641. The minimum absolute atomic E-state index is 0.0687. The molecule has 2 aromatic rings. The average Bonchev–Trinajstić information content (AvgIpc) is 2.87. The Balaban J connectivity index is 1.69. The zero-order valence-corrected chi connectivity index (χ0v) is 14.0. The Labute approximate surface area is 141 Å². The van der Waals surface area contributed by atoms with Crippen molar-refractivity contribution in [1.82, 2.24) is 4.98 Å². The smallest absolute Gasteiger partial charge is 0.308 e. The van der Waals surface area contributed by atoms with E-state index in [4.69, 9.17) is 4.74 Å². The number of carbonyl (C=O) groups excluding carboxylic acids is 2. The van der Waals surface area contributed by atoms with Crippen molar-refractivity contribution < 1.29 is 14.3 Å². The standard InChI is InChI=1S/C20H23NO3/c1-24-20(23)16-10-15(12-6-8-13(16)9-7-12)19(22)17-11-21-18-5-3-2-4-14(17)18/h2-5,11-13,15-16,21H,6-10H2,1H3/t12?,13?,15-,16+/m1/s1. The van der Waals surface area contributed by atoms with Crippen LogP contribution in [0.1, 0.15) is 42.5 Å². The minimum atomic E-state index is -0.140. The topological polar surface area (TPSA) is 59.2 Å². The van der Waals surface area contributed by atoms with Gasteiger partial charge in [-0.3, -0.25) is 9.59 Å². The van der Waals surface area contributed by atoms with Gasteiger partial charge in [-0.2, -0.15) is 0 Å². The molecule has 2 atom stereocenters. The van der Waals surface area contributed by atoms with Crippen molar-refractivity contribution in [2.24, 2.45) is 23.7 Å². The van der Waals surface area contributed by atoms with E-state index in [0.717, 1.165) is 42.1 Å². The minimum Gasteiger partial charge on any atom is -0.469 e. The molecule has 0 aliphatic heterocycles. The van der Waals surface area contributed by atoms with Gasteiger partial charge in [0.25, 0.3) is 0 Å². The fraction of sp³-hybridized carbons (Fsp3) is 0.500. The second kappa shape index (κ2) is 6.08. The van der Waals surface area contributed by atoms with E-state index < -0.39 is 0 Å². The first-order valence-corrected chi connectivity index (χ1v) is 8.87. The number of rotatable bonds is 3. The number of nitrogens with one attached hydrogen (secondary N) is 1. The Bertz CT molecular complexity index is 770. The van der Waals surface area contributed by atoms with E-state index in [1.165, 1.54) is 7.11 Å². The molecule has 3 aliphatic rings. The van der Waals surface area contributed by atoms with Gasteiger partial charge in [-0.25, -0.2) is 0 Å². The summed E-state index contributed by atoms with van der Waals surface area (Å²) in [6, 6.07) is 7.91. The van der Waals surface area contributed by atoms with Crippen LogP contribution in [0.3, 0.4) is 0 Å². The summed E-state index contributed by atoms with van der Waals surface area (Å²) in [4.78, 5) is 28.7. The molecule has 0 unspecified atom stereocenters. The second-order valence-corrected chi connectivity index (χ2v) is 7.26. The normalized spacial score (nSPS) is 29.4. The lowest BCUT2D eigenvalue weighted by Crippen LogP contribution is -2.27. The van der Waals surface area contributed by atoms with Crippen LogP contribution in [0.25, 0.3) is 10.9 Å². The van der Waals surface area contributed by atoms with Crippen molar-refractivity contribution >= 4 is 22.7 Å². The van der Waals surface area contributed by atoms with Gasteiger partial charge >= 0.3 is 5.97 Å². The van der Waals surface area contributed by atoms with Crippen molar-refractivity contribution in [2.45, 2.75) is 32.1 Å². The number of ether oxygens (including phenoxy) is 1. The number of hydrogen-bond acceptors (Lipinski definition) is 3. The lowest BCUT2D eigenvalue weighted by Gasteiger charge is -2.27. The Morgan fingerprint density at radius 3 is 2.42 bits per heavy atom. The van der Waals surface area contributed by atoms with Crippen LogP contribution in [0.15, 0.2) is 30.5 Å². The lowest BCUT2D eigenvalue weighted by molar-refractivity contribution is -0.147. The molecule has 4 heteroatoms. The number of para-hydroxylation sites is 1. The molecule has 0 amide bonds. The molecule has 2 bridgehead atoms. The van der Waals surface area contributed by atoms with Gasteiger partial charge in [0.15, 0.2) is 5.78 Å². The summed E-state index contributed by atoms with van der Waals surface area (Å²) in [6.45, 7) is 0. The third-order valence-corrected chi connectivity index (χ3v) is 6.16. The van der Waals surface area contributed by atoms with E-state index in [-0.39, 0.29) is 23.6 Å². The fourth-order valence-corrected chi connectivity index (χ4v) is 4.84. The number of Topliss-reactive ketones (excluding diaryl/α,β-unsaturated/α-hetero) is 1. The Morgan fingerprint density at radius 1 is 1.04 bits per heavy atom. The van der Waals surface area contributed by atoms with Gasteiger partial charge in [0.1, 0.15) is 0 Å². The van der Waals surface area contributed by atoms with Crippen LogP contribution in [0.4, 0.5) is 0 Å². The summed E-state index contributed by atoms with van der Waals surface area (Å²) in [5, 5.41) is 0.982. The van der Waals surface area contributed by atoms with Crippen LogP contribution in [0.2, 0.25) is 0 Å². The number of hydrogen-bond donors (Lipinski definition) is 1. The molecule has 1 N–H and O–H groups in total. The van der Waals surface area contributed by atoms with Gasteiger partial charge in [0.05, 0.1) is 13.0 Å². The van der Waals surface area contributed by atoms with Gasteiger partial charge < -0.3 is 9.72 Å². The predicted molar refractivity (Wildman–Crippen MR) is 91.7 cm³/mol. The van der Waals surface area contributed by atoms with E-state index in [1.807, 2.05) is 30.5 Å². The Morgan fingerprint density at radius 2 is 1.71 bits per heavy atom. The Kier molecular flexibility index (Phi) is 3.91. The maximum Gasteiger partial charge on any atom is 0.308 e. The Hall–Kier alpha value is -2.10. The first-order valence-electron chi connectivity index (χ1n) is 8.87. The average molecular weight is 325 g/mol. The molecule has 1 aromatic heterocycles. The summed E-state index contributed by atoms with van der Waals surface area (Å²) in [5.41, 5.74) is 1.76. The number of aromatic amines is 1. The number of ketones is 1. The highest BCUT2D eigenvalue weighted by Gasteiger charge is 2.44. The third-order valence-electron chi connectivity index (χ3n) is 6.16. The molecule has 5 rings (SSSR count). The largest absolute Gasteiger partial charge is 0.469 e. The van der Waals surface area contributed by atoms with Crippen LogP contribution >= 0.6 is 0 Å². The number of esters is 1. The van der Waals surface area contributed by atoms with Crippen molar-refractivity contribution in [3.63, 3.8) is 0 Å². The number of aromatic nitrogens is 1. The second-order valence-electron chi connectivity index (χ2n) is 7.26. The van der Waals surface area contributed by atoms with E-state index in [0.29, 0.717) is 18.3 Å². The third kappa shape index (κ3) is 2.45. The van der Waals surface area contributed by atoms with E-state index >= 15 is 0 Å². The quantitative estimate of drug-likeness (QED) is 0.686. The number of benzene rings is 1. The highest BCUT2D eigenvalue weighted by molar-refractivity contribution is 6.09. The zero-order valence-electron chi connectivity index (χ0n) is 14.0. The predicted octanol–water partition coefficient (Wildman–Crippen LogP) is 3.97. The first-order chi connectivity index (χ1) is 11.7. The van der Waals surface area contributed by atoms with Crippen LogP contribution in [0.5, 0.6) is 0 Å². The van der Waals surface area contributed by atoms with E-state index in [9.17, 15) is 9.59 Å². The monoisotopic (exact) mass is 325 g/mol. The molecule has 0 spiro atoms. The molecule has 0 radical (unpaired) electrons. The van der Waals surface area contributed by atoms with Gasteiger partial charge in [-0.1, -0.05) is 18.2 Å². The maximum atomic E-state index is 13.3. The van der Waals surface area contributed by atoms with Gasteiger partial charge in [-0.05, 0) is 50.0 Å². The van der Waals surface area contributed by atoms with Crippen LogP contribution < -0.4 is 0 Å². The number of methoxy groups -OCH3 is 1. The maximum absolute atomic E-state index is 13.3. The summed E-state index contributed by atoms with van der Waals surface area (Å²) < 4.78 is 5.03. The number of fused-ring (bicyclic) bond motifs is 5. The van der Waals surface area contributed by atoms with Gasteiger partial charge in [-0.15, -0.1) is 0 Å². The molecule has 4 nitrogen and oxygen atoms in total. The van der Waals surface area contributed by atoms with E-state index in [1.54, 1.807) is 0 Å². The van der Waals surface area contributed by atoms with Crippen LogP contribution in [-0.4, -0.2) is 23.8 Å². The van der Waals surface area contributed by atoms with Crippen molar-refractivity contribution in [3.8, 4) is 0 Å². The van der Waals surface area contributed by atoms with Crippen LogP contribution in [0, 0.1) is 23.7 Å². The van der Waals surface area contributed by atoms with Crippen molar-refractivity contribution in [2.75, 3.05) is 7.11 Å². The molecule has 0 saturated heterocycles. The molecule has 126 valence electrons. The summed E-state index contributed by atoms with van der Waals surface area (Å²) in [6.07, 6.45) is 6.66. The highest BCUT2D eigenvalue weighted by atomic mass is 16.5. The zero-order chi connectivity index (χ0) is 16.7. The first kappa shape index (κ1) is 15.4. The molecule has 24 heavy (non-hydrogen) atoms. The molecule has 1 heterocycles. The number of carbonyl (C=O) groups is 2. The molecular weight excluding hydrogens is 302 g/mol. The SMILES string of the molecule is COC(=O)[C@H]1C[C@@H](C(=O)c2c[nH]c3ccccc23)C2CCC1CC2. The highest BCUT2D eigenvalue weighted by Crippen LogP contribution is 2.47. The molecule has 3 aliphatic carbocycles. The molecular formula is C20H23NO3. The summed E-state index contributed by atoms with van der Waals surface area (Å²) in [7, 11) is 1.45. The molecule has 1 aromatic carbocycles. The lowest BCUT2D eigenvalue weighted by atomic mass is 9.77. The van der Waals surface area contributed by atoms with Crippen LogP contribution in [-0.2, 0) is 9.53 Å². The summed E-state index contributed by atoms with van der Waals surface area (Å²) >= 11 is 0. The van der Waals surface area contributed by atoms with Crippen molar-refractivity contribution in [1.29, 1.82) is 0 Å². The van der Waals surface area contributed by atoms with Gasteiger partial charge in [0, 0.05) is 28.6 Å². The molecule has 3 saturated carbocycles. The van der Waals surface area contributed by atoms with Crippen molar-refractivity contribution in [3.05, 3.63) is 36.0 Å². The number of H-pyrrole nitrogens is 1. The van der Waals surface area contributed by atoms with Gasteiger partial charge in [0.2, 0.25) is 0 Å². The fourth-order valence-electron chi connectivity index (χ4n) is 4.84. The molecule has 3 fully saturated rings.